The normalized spacial score (nSPS) is 12.0. The summed E-state index contributed by atoms with van der Waals surface area (Å²) in [5.41, 5.74) is 3.00. The number of aryl methyl sites for hydroxylation is 1. The topological polar surface area (TPSA) is 15.3 Å². The standard InChI is InChI=1S/C15H23F3N2/c1-11(2)19-10-13-9-12(3)5-6-14(13)20(4)8-7-15(16,17)18/h5-6,9,11,19H,7-8,10H2,1-4H3. The maximum atomic E-state index is 12.3. The number of alkyl halides is 3. The summed E-state index contributed by atoms with van der Waals surface area (Å²) in [4.78, 5) is 1.67. The second-order valence-electron chi connectivity index (χ2n) is 5.45. The third-order valence-corrected chi connectivity index (χ3v) is 3.08. The Labute approximate surface area is 119 Å². The molecule has 1 aromatic carbocycles. The molecule has 0 bridgehead atoms. The molecule has 0 aliphatic heterocycles. The van der Waals surface area contributed by atoms with Crippen LogP contribution < -0.4 is 10.2 Å². The van der Waals surface area contributed by atoms with E-state index in [-0.39, 0.29) is 6.54 Å². The zero-order chi connectivity index (χ0) is 15.3. The number of rotatable bonds is 6. The Hall–Kier alpha value is -1.23. The molecule has 1 N–H and O–H groups in total. The Morgan fingerprint density at radius 1 is 1.25 bits per heavy atom. The molecular weight excluding hydrogens is 265 g/mol. The minimum absolute atomic E-state index is 0.0265. The highest BCUT2D eigenvalue weighted by Gasteiger charge is 2.27. The fourth-order valence-corrected chi connectivity index (χ4v) is 1.96. The lowest BCUT2D eigenvalue weighted by atomic mass is 10.1. The van der Waals surface area contributed by atoms with Crippen LogP contribution in [-0.4, -0.2) is 25.8 Å². The van der Waals surface area contributed by atoms with Crippen LogP contribution >= 0.6 is 0 Å². The Morgan fingerprint density at radius 3 is 2.45 bits per heavy atom. The fourth-order valence-electron chi connectivity index (χ4n) is 1.96. The third kappa shape index (κ3) is 5.82. The molecule has 0 saturated carbocycles. The molecule has 1 rings (SSSR count). The van der Waals surface area contributed by atoms with Gasteiger partial charge >= 0.3 is 6.18 Å². The molecular formula is C15H23F3N2. The molecule has 0 radical (unpaired) electrons. The molecule has 0 fully saturated rings. The summed E-state index contributed by atoms with van der Waals surface area (Å²) < 4.78 is 36.9. The number of anilines is 1. The van der Waals surface area contributed by atoms with Gasteiger partial charge in [0.2, 0.25) is 0 Å². The maximum absolute atomic E-state index is 12.3. The van der Waals surface area contributed by atoms with Crippen LogP contribution in [-0.2, 0) is 6.54 Å². The Morgan fingerprint density at radius 2 is 1.90 bits per heavy atom. The number of hydrogen-bond acceptors (Lipinski definition) is 2. The minimum atomic E-state index is -4.12. The summed E-state index contributed by atoms with van der Waals surface area (Å²) in [6, 6.07) is 6.18. The van der Waals surface area contributed by atoms with Crippen molar-refractivity contribution in [3.05, 3.63) is 29.3 Å². The highest BCUT2D eigenvalue weighted by molar-refractivity contribution is 5.54. The smallest absolute Gasteiger partial charge is 0.374 e. The van der Waals surface area contributed by atoms with Gasteiger partial charge in [0.15, 0.2) is 0 Å². The highest BCUT2D eigenvalue weighted by atomic mass is 19.4. The van der Waals surface area contributed by atoms with Gasteiger partial charge in [0.1, 0.15) is 0 Å². The lowest BCUT2D eigenvalue weighted by Crippen LogP contribution is -2.27. The van der Waals surface area contributed by atoms with E-state index in [1.165, 1.54) is 0 Å². The van der Waals surface area contributed by atoms with Crippen molar-refractivity contribution in [3.63, 3.8) is 0 Å². The van der Waals surface area contributed by atoms with Crippen LogP contribution in [0, 0.1) is 6.92 Å². The van der Waals surface area contributed by atoms with E-state index in [1.54, 1.807) is 11.9 Å². The van der Waals surface area contributed by atoms with Crippen molar-refractivity contribution < 1.29 is 13.2 Å². The SMILES string of the molecule is Cc1ccc(N(C)CCC(F)(F)F)c(CNC(C)C)c1. The average Bonchev–Trinajstić information content (AvgIpc) is 2.32. The fraction of sp³-hybridized carbons (Fsp3) is 0.600. The zero-order valence-electron chi connectivity index (χ0n) is 12.5. The van der Waals surface area contributed by atoms with Crippen LogP contribution in [0.4, 0.5) is 18.9 Å². The third-order valence-electron chi connectivity index (χ3n) is 3.08. The second kappa shape index (κ2) is 6.97. The molecule has 0 atom stereocenters. The highest BCUT2D eigenvalue weighted by Crippen LogP contribution is 2.25. The van der Waals surface area contributed by atoms with Crippen molar-refractivity contribution >= 4 is 5.69 Å². The summed E-state index contributed by atoms with van der Waals surface area (Å²) in [6.07, 6.45) is -4.91. The summed E-state index contributed by atoms with van der Waals surface area (Å²) in [7, 11) is 1.70. The molecule has 5 heteroatoms. The van der Waals surface area contributed by atoms with Crippen molar-refractivity contribution in [2.24, 2.45) is 0 Å². The number of nitrogens with one attached hydrogen (secondary N) is 1. The molecule has 0 spiro atoms. The van der Waals surface area contributed by atoms with Crippen LogP contribution in [0.2, 0.25) is 0 Å². The summed E-state index contributed by atoms with van der Waals surface area (Å²) in [5, 5.41) is 3.31. The van der Waals surface area contributed by atoms with E-state index in [0.29, 0.717) is 12.6 Å². The van der Waals surface area contributed by atoms with Gasteiger partial charge in [-0.25, -0.2) is 0 Å². The van der Waals surface area contributed by atoms with Gasteiger partial charge in [-0.1, -0.05) is 31.5 Å². The molecule has 0 aromatic heterocycles. The lowest BCUT2D eigenvalue weighted by Gasteiger charge is -2.24. The van der Waals surface area contributed by atoms with Gasteiger partial charge in [0.05, 0.1) is 6.42 Å². The Kier molecular flexibility index (Phi) is 5.87. The van der Waals surface area contributed by atoms with Crippen molar-refractivity contribution in [2.45, 2.75) is 46.0 Å². The number of benzene rings is 1. The van der Waals surface area contributed by atoms with Gasteiger partial charge in [-0.3, -0.25) is 0 Å². The van der Waals surface area contributed by atoms with Crippen molar-refractivity contribution in [1.29, 1.82) is 0 Å². The van der Waals surface area contributed by atoms with E-state index in [9.17, 15) is 13.2 Å². The molecule has 0 saturated heterocycles. The van der Waals surface area contributed by atoms with Crippen molar-refractivity contribution in [1.82, 2.24) is 5.32 Å². The van der Waals surface area contributed by atoms with Crippen LogP contribution in [0.5, 0.6) is 0 Å². The minimum Gasteiger partial charge on any atom is -0.374 e. The predicted molar refractivity (Wildman–Crippen MR) is 77.1 cm³/mol. The van der Waals surface area contributed by atoms with E-state index < -0.39 is 12.6 Å². The molecule has 1 aromatic rings. The average molecular weight is 288 g/mol. The summed E-state index contributed by atoms with van der Waals surface area (Å²) in [5.74, 6) is 0. The zero-order valence-corrected chi connectivity index (χ0v) is 12.5. The van der Waals surface area contributed by atoms with Gasteiger partial charge < -0.3 is 10.2 Å². The molecule has 0 aliphatic carbocycles. The Bertz CT molecular complexity index is 428. The van der Waals surface area contributed by atoms with E-state index in [0.717, 1.165) is 16.8 Å². The van der Waals surface area contributed by atoms with Gasteiger partial charge in [0.25, 0.3) is 0 Å². The maximum Gasteiger partial charge on any atom is 0.390 e. The first kappa shape index (κ1) is 16.8. The van der Waals surface area contributed by atoms with Crippen molar-refractivity contribution in [3.8, 4) is 0 Å². The molecule has 0 heterocycles. The van der Waals surface area contributed by atoms with Gasteiger partial charge in [0, 0.05) is 31.9 Å². The summed E-state index contributed by atoms with van der Waals surface area (Å²) in [6.45, 7) is 6.70. The lowest BCUT2D eigenvalue weighted by molar-refractivity contribution is -0.132. The monoisotopic (exact) mass is 288 g/mol. The van der Waals surface area contributed by atoms with E-state index in [1.807, 2.05) is 39.0 Å². The van der Waals surface area contributed by atoms with Crippen LogP contribution in [0.3, 0.4) is 0 Å². The largest absolute Gasteiger partial charge is 0.390 e. The first-order valence-electron chi connectivity index (χ1n) is 6.80. The van der Waals surface area contributed by atoms with Crippen LogP contribution in [0.15, 0.2) is 18.2 Å². The number of nitrogens with zero attached hydrogens (tertiary/aromatic N) is 1. The molecule has 2 nitrogen and oxygen atoms in total. The molecule has 20 heavy (non-hydrogen) atoms. The van der Waals surface area contributed by atoms with Crippen LogP contribution in [0.25, 0.3) is 0 Å². The first-order chi connectivity index (χ1) is 9.19. The predicted octanol–water partition coefficient (Wildman–Crippen LogP) is 3.88. The quantitative estimate of drug-likeness (QED) is 0.854. The van der Waals surface area contributed by atoms with Gasteiger partial charge in [-0.05, 0) is 18.6 Å². The molecule has 0 aliphatic rings. The molecule has 0 unspecified atom stereocenters. The molecule has 0 amide bonds. The van der Waals surface area contributed by atoms with Gasteiger partial charge in [-0.15, -0.1) is 0 Å². The summed E-state index contributed by atoms with van der Waals surface area (Å²) >= 11 is 0. The van der Waals surface area contributed by atoms with Crippen molar-refractivity contribution in [2.75, 3.05) is 18.5 Å². The van der Waals surface area contributed by atoms with Crippen LogP contribution in [0.1, 0.15) is 31.4 Å². The number of halogens is 3. The van der Waals surface area contributed by atoms with E-state index in [2.05, 4.69) is 5.32 Å². The first-order valence-corrected chi connectivity index (χ1v) is 6.80. The second-order valence-corrected chi connectivity index (χ2v) is 5.45. The van der Waals surface area contributed by atoms with E-state index >= 15 is 0 Å². The van der Waals surface area contributed by atoms with E-state index in [4.69, 9.17) is 0 Å². The number of hydrogen-bond donors (Lipinski definition) is 1. The van der Waals surface area contributed by atoms with Gasteiger partial charge in [-0.2, -0.15) is 13.2 Å². The Balaban J connectivity index is 2.81. The molecule has 114 valence electrons.